The smallest absolute Gasteiger partial charge is 0.407 e. The molecule has 1 saturated heterocycles. The molecule has 0 unspecified atom stereocenters. The van der Waals surface area contributed by atoms with Crippen LogP contribution in [0.4, 0.5) is 4.79 Å². The van der Waals surface area contributed by atoms with Crippen molar-refractivity contribution in [3.63, 3.8) is 0 Å². The summed E-state index contributed by atoms with van der Waals surface area (Å²) >= 11 is 6.04. The summed E-state index contributed by atoms with van der Waals surface area (Å²) in [5.41, 5.74) is -0.154. The van der Waals surface area contributed by atoms with Gasteiger partial charge in [-0.3, -0.25) is 4.79 Å². The number of amides is 2. The molecule has 6 nitrogen and oxygen atoms in total. The van der Waals surface area contributed by atoms with Gasteiger partial charge in [0.2, 0.25) is 0 Å². The number of ether oxygens (including phenoxy) is 1. The summed E-state index contributed by atoms with van der Waals surface area (Å²) in [6, 6.07) is 3.29. The van der Waals surface area contributed by atoms with Gasteiger partial charge in [-0.15, -0.1) is 0 Å². The molecule has 0 spiro atoms. The summed E-state index contributed by atoms with van der Waals surface area (Å²) in [7, 11) is 0. The molecule has 2 rings (SSSR count). The predicted octanol–water partition coefficient (Wildman–Crippen LogP) is 3.25. The van der Waals surface area contributed by atoms with Crippen molar-refractivity contribution in [1.29, 1.82) is 0 Å². The second kappa shape index (κ2) is 7.83. The Morgan fingerprint density at radius 2 is 2.17 bits per heavy atom. The highest BCUT2D eigenvalue weighted by Crippen LogP contribution is 2.22. The van der Waals surface area contributed by atoms with E-state index in [1.807, 2.05) is 20.8 Å². The van der Waals surface area contributed by atoms with Crippen molar-refractivity contribution in [1.82, 2.24) is 15.2 Å². The van der Waals surface area contributed by atoms with Crippen molar-refractivity contribution in [2.45, 2.75) is 51.7 Å². The van der Waals surface area contributed by atoms with Gasteiger partial charge in [0.15, 0.2) is 0 Å². The summed E-state index contributed by atoms with van der Waals surface area (Å²) < 4.78 is 5.24. The Balaban J connectivity index is 2.01. The number of hydrogen-bond donors (Lipinski definition) is 1. The largest absolute Gasteiger partial charge is 0.444 e. The van der Waals surface area contributed by atoms with E-state index in [-0.39, 0.29) is 17.1 Å². The van der Waals surface area contributed by atoms with Gasteiger partial charge in [0.25, 0.3) is 5.91 Å². The van der Waals surface area contributed by atoms with Gasteiger partial charge in [-0.25, -0.2) is 9.78 Å². The van der Waals surface area contributed by atoms with Crippen LogP contribution in [0.3, 0.4) is 0 Å². The van der Waals surface area contributed by atoms with E-state index in [0.29, 0.717) is 18.7 Å². The molecule has 1 fully saturated rings. The van der Waals surface area contributed by atoms with Gasteiger partial charge in [-0.2, -0.15) is 0 Å². The van der Waals surface area contributed by atoms with Crippen molar-refractivity contribution in [2.75, 3.05) is 13.1 Å². The lowest BCUT2D eigenvalue weighted by Gasteiger charge is -2.36. The van der Waals surface area contributed by atoms with Crippen LogP contribution >= 0.6 is 11.6 Å². The summed E-state index contributed by atoms with van der Waals surface area (Å²) in [6.07, 6.45) is 3.87. The molecule has 2 amide bonds. The number of carbonyl (C=O) groups excluding carboxylic acids is 2. The van der Waals surface area contributed by atoms with E-state index < -0.39 is 11.7 Å². The third kappa shape index (κ3) is 5.09. The third-order valence-electron chi connectivity index (χ3n) is 3.76. The number of halogens is 1. The van der Waals surface area contributed by atoms with Gasteiger partial charge >= 0.3 is 6.09 Å². The Labute approximate surface area is 147 Å². The lowest BCUT2D eigenvalue weighted by atomic mass is 10.0. The molecule has 1 aliphatic heterocycles. The van der Waals surface area contributed by atoms with Crippen molar-refractivity contribution in [3.8, 4) is 0 Å². The number of hydrogen-bond acceptors (Lipinski definition) is 4. The molecule has 1 aliphatic rings. The number of nitrogens with one attached hydrogen (secondary N) is 1. The first-order valence-electron chi connectivity index (χ1n) is 8.16. The molecule has 0 saturated carbocycles. The van der Waals surface area contributed by atoms with E-state index in [4.69, 9.17) is 16.3 Å². The Bertz CT molecular complexity index is 601. The van der Waals surface area contributed by atoms with Gasteiger partial charge in [0.05, 0.1) is 5.56 Å². The number of likely N-dealkylation sites (tertiary alicyclic amines) is 1. The number of pyridine rings is 1. The van der Waals surface area contributed by atoms with Crippen LogP contribution in [0.15, 0.2) is 18.3 Å². The zero-order chi connectivity index (χ0) is 17.7. The molecule has 2 heterocycles. The quantitative estimate of drug-likeness (QED) is 0.847. The normalized spacial score (nSPS) is 18.2. The van der Waals surface area contributed by atoms with Crippen molar-refractivity contribution in [2.24, 2.45) is 0 Å². The first kappa shape index (κ1) is 18.5. The molecular weight excluding hydrogens is 330 g/mol. The van der Waals surface area contributed by atoms with E-state index in [9.17, 15) is 9.59 Å². The van der Waals surface area contributed by atoms with Gasteiger partial charge < -0.3 is 15.0 Å². The maximum atomic E-state index is 12.8. The number of nitrogens with zero attached hydrogens (tertiary/aromatic N) is 2. The van der Waals surface area contributed by atoms with Crippen LogP contribution in [0.1, 0.15) is 50.4 Å². The first-order valence-corrected chi connectivity index (χ1v) is 8.54. The average molecular weight is 354 g/mol. The molecule has 7 heteroatoms. The fraction of sp³-hybridized carbons (Fsp3) is 0.588. The van der Waals surface area contributed by atoms with E-state index in [0.717, 1.165) is 19.3 Å². The highest BCUT2D eigenvalue weighted by Gasteiger charge is 2.29. The molecule has 1 aromatic rings. The molecule has 1 aromatic heterocycles. The maximum absolute atomic E-state index is 12.8. The Morgan fingerprint density at radius 3 is 2.83 bits per heavy atom. The van der Waals surface area contributed by atoms with Crippen LogP contribution in [0.2, 0.25) is 5.15 Å². The number of rotatable bonds is 3. The van der Waals surface area contributed by atoms with E-state index in [1.54, 1.807) is 23.2 Å². The Kier molecular flexibility index (Phi) is 6.04. The summed E-state index contributed by atoms with van der Waals surface area (Å²) in [5.74, 6) is -0.149. The summed E-state index contributed by atoms with van der Waals surface area (Å²) in [6.45, 7) is 6.44. The standard InChI is InChI=1S/C17H24ClN3O3/c1-17(2,3)24-16(23)20-11-12-7-4-5-10-21(12)15(22)13-8-6-9-19-14(13)18/h6,8-9,12H,4-5,7,10-11H2,1-3H3,(H,20,23)/t12-/m1/s1. The molecule has 0 radical (unpaired) electrons. The molecule has 24 heavy (non-hydrogen) atoms. The number of aromatic nitrogens is 1. The topological polar surface area (TPSA) is 71.5 Å². The van der Waals surface area contributed by atoms with Crippen LogP contribution in [-0.2, 0) is 4.74 Å². The molecule has 0 bridgehead atoms. The van der Waals surface area contributed by atoms with Crippen LogP contribution in [0.5, 0.6) is 0 Å². The van der Waals surface area contributed by atoms with Gasteiger partial charge in [-0.05, 0) is 52.2 Å². The number of piperidine rings is 1. The van der Waals surface area contributed by atoms with E-state index in [2.05, 4.69) is 10.3 Å². The fourth-order valence-corrected chi connectivity index (χ4v) is 2.90. The zero-order valence-corrected chi connectivity index (χ0v) is 15.1. The SMILES string of the molecule is CC(C)(C)OC(=O)NC[C@H]1CCCCN1C(=O)c1cccnc1Cl. The molecule has 1 N–H and O–H groups in total. The van der Waals surface area contributed by atoms with E-state index in [1.165, 1.54) is 0 Å². The van der Waals surface area contributed by atoms with Crippen LogP contribution in [0.25, 0.3) is 0 Å². The zero-order valence-electron chi connectivity index (χ0n) is 14.3. The average Bonchev–Trinajstić information content (AvgIpc) is 2.51. The third-order valence-corrected chi connectivity index (χ3v) is 4.06. The lowest BCUT2D eigenvalue weighted by Crippen LogP contribution is -2.50. The highest BCUT2D eigenvalue weighted by atomic mass is 35.5. The van der Waals surface area contributed by atoms with Gasteiger partial charge in [0.1, 0.15) is 10.8 Å². The molecule has 0 aromatic carbocycles. The molecule has 0 aliphatic carbocycles. The molecule has 132 valence electrons. The van der Waals surface area contributed by atoms with Gasteiger partial charge in [-0.1, -0.05) is 11.6 Å². The minimum atomic E-state index is -0.546. The van der Waals surface area contributed by atoms with Crippen LogP contribution in [-0.4, -0.2) is 46.6 Å². The monoisotopic (exact) mass is 353 g/mol. The van der Waals surface area contributed by atoms with Crippen molar-refractivity contribution >= 4 is 23.6 Å². The number of alkyl carbamates (subject to hydrolysis) is 1. The fourth-order valence-electron chi connectivity index (χ4n) is 2.70. The maximum Gasteiger partial charge on any atom is 0.407 e. The predicted molar refractivity (Wildman–Crippen MR) is 92.2 cm³/mol. The molecular formula is C17H24ClN3O3. The van der Waals surface area contributed by atoms with Crippen molar-refractivity contribution < 1.29 is 14.3 Å². The Hall–Kier alpha value is -1.82. The van der Waals surface area contributed by atoms with E-state index >= 15 is 0 Å². The highest BCUT2D eigenvalue weighted by molar-refractivity contribution is 6.32. The first-order chi connectivity index (χ1) is 11.3. The second-order valence-electron chi connectivity index (χ2n) is 6.87. The van der Waals surface area contributed by atoms with Gasteiger partial charge in [0, 0.05) is 25.3 Å². The van der Waals surface area contributed by atoms with Crippen LogP contribution < -0.4 is 5.32 Å². The van der Waals surface area contributed by atoms with Crippen molar-refractivity contribution in [3.05, 3.63) is 29.0 Å². The Morgan fingerprint density at radius 1 is 1.42 bits per heavy atom. The number of carbonyl (C=O) groups is 2. The molecule has 1 atom stereocenters. The van der Waals surface area contributed by atoms with Crippen LogP contribution in [0, 0.1) is 0 Å². The summed E-state index contributed by atoms with van der Waals surface area (Å²) in [4.78, 5) is 30.3. The summed E-state index contributed by atoms with van der Waals surface area (Å²) in [5, 5.41) is 2.96. The minimum absolute atomic E-state index is 0.0740. The second-order valence-corrected chi connectivity index (χ2v) is 7.23. The lowest BCUT2D eigenvalue weighted by molar-refractivity contribution is 0.0462. The minimum Gasteiger partial charge on any atom is -0.444 e.